The van der Waals surface area contributed by atoms with Crippen LogP contribution >= 0.6 is 7.14 Å². The lowest BCUT2D eigenvalue weighted by Crippen LogP contribution is -2.30. The molecule has 0 aliphatic carbocycles. The molecule has 0 spiro atoms. The van der Waals surface area contributed by atoms with Crippen LogP contribution in [-0.2, 0) is 15.4 Å². The lowest BCUT2D eigenvalue weighted by atomic mass is 9.73. The van der Waals surface area contributed by atoms with Gasteiger partial charge in [-0.25, -0.2) is 0 Å². The molecule has 0 fully saturated rings. The zero-order valence-corrected chi connectivity index (χ0v) is 30.7. The molecule has 0 unspecified atom stereocenters. The second-order valence-electron chi connectivity index (χ2n) is 15.3. The van der Waals surface area contributed by atoms with Crippen molar-refractivity contribution >= 4 is 57.2 Å². The highest BCUT2D eigenvalue weighted by molar-refractivity contribution is 7.86. The summed E-state index contributed by atoms with van der Waals surface area (Å²) in [6.07, 6.45) is 0. The maximum atomic E-state index is 15.8. The summed E-state index contributed by atoms with van der Waals surface area (Å²) in [6.45, 7) is 9.26. The summed E-state index contributed by atoms with van der Waals surface area (Å²) in [5.74, 6) is 0. The zero-order valence-electron chi connectivity index (χ0n) is 29.8. The Labute approximate surface area is 306 Å². The van der Waals surface area contributed by atoms with Crippen molar-refractivity contribution in [2.24, 2.45) is 0 Å². The molecule has 52 heavy (non-hydrogen) atoms. The smallest absolute Gasteiger partial charge is 0.172 e. The van der Waals surface area contributed by atoms with E-state index in [2.05, 4.69) is 171 Å². The zero-order chi connectivity index (χ0) is 35.4. The van der Waals surface area contributed by atoms with Crippen molar-refractivity contribution in [3.63, 3.8) is 0 Å². The third-order valence-corrected chi connectivity index (χ3v) is 15.0. The molecule has 4 heteroatoms. The first-order chi connectivity index (χ1) is 25.2. The third kappa shape index (κ3) is 4.12. The van der Waals surface area contributed by atoms with Crippen LogP contribution in [0.1, 0.15) is 49.9 Å². The lowest BCUT2D eigenvalue weighted by molar-refractivity contribution is 0.593. The van der Waals surface area contributed by atoms with Crippen molar-refractivity contribution in [3.05, 3.63) is 186 Å². The number of rotatable bonds is 3. The van der Waals surface area contributed by atoms with E-state index in [4.69, 9.17) is 0 Å². The van der Waals surface area contributed by atoms with E-state index in [1.54, 1.807) is 0 Å². The van der Waals surface area contributed by atoms with Crippen LogP contribution in [0.3, 0.4) is 0 Å². The molecule has 0 amide bonds. The van der Waals surface area contributed by atoms with Gasteiger partial charge in [0.1, 0.15) is 0 Å². The molecule has 7 aromatic rings. The summed E-state index contributed by atoms with van der Waals surface area (Å²) in [7, 11) is -3.17. The van der Waals surface area contributed by atoms with Crippen molar-refractivity contribution < 1.29 is 4.57 Å². The van der Waals surface area contributed by atoms with Gasteiger partial charge < -0.3 is 14.4 Å². The fraction of sp³-hybridized carbons (Fsp3) is 0.125. The molecule has 0 aromatic heterocycles. The Kier molecular flexibility index (Phi) is 6.55. The van der Waals surface area contributed by atoms with Crippen molar-refractivity contribution in [1.82, 2.24) is 0 Å². The molecule has 10 rings (SSSR count). The van der Waals surface area contributed by atoms with E-state index in [0.29, 0.717) is 0 Å². The van der Waals surface area contributed by atoms with E-state index in [1.807, 2.05) is 30.3 Å². The topological polar surface area (TPSA) is 23.6 Å². The molecule has 7 aromatic carbocycles. The standard InChI is InChI=1S/C48H39N2OP/c1-47(2)37-18-8-12-22-41(37)49(42-23-13-9-19-38(42)47)32-26-28-45-35(30-32)36-31-33(27-29-46(36)52(45,51)34-16-6-5-7-17-34)50-43-24-14-10-20-39(43)48(3,4)40-21-11-15-25-44(40)50/h5-31H,1-4H3. The average Bonchev–Trinajstić information content (AvgIpc) is 3.43. The monoisotopic (exact) mass is 690 g/mol. The van der Waals surface area contributed by atoms with E-state index >= 15 is 4.57 Å². The van der Waals surface area contributed by atoms with Crippen molar-refractivity contribution in [2.75, 3.05) is 9.80 Å². The van der Waals surface area contributed by atoms with Gasteiger partial charge in [-0.05, 0) is 94.0 Å². The molecule has 0 saturated heterocycles. The van der Waals surface area contributed by atoms with E-state index in [0.717, 1.165) is 38.4 Å². The molecule has 0 saturated carbocycles. The molecule has 3 nitrogen and oxygen atoms in total. The Morgan fingerprint density at radius 3 is 1.10 bits per heavy atom. The van der Waals surface area contributed by atoms with Crippen LogP contribution in [0.2, 0.25) is 0 Å². The second kappa shape index (κ2) is 10.9. The maximum absolute atomic E-state index is 15.8. The molecule has 3 heterocycles. The van der Waals surface area contributed by atoms with Gasteiger partial charge in [0.25, 0.3) is 0 Å². The van der Waals surface area contributed by atoms with Crippen LogP contribution < -0.4 is 25.7 Å². The Morgan fingerprint density at radius 2 is 0.731 bits per heavy atom. The first-order valence-electron chi connectivity index (χ1n) is 18.1. The fourth-order valence-electron chi connectivity index (χ4n) is 9.25. The molecule has 3 aliphatic rings. The summed E-state index contributed by atoms with van der Waals surface area (Å²) in [5.41, 5.74) is 13.7. The highest BCUT2D eigenvalue weighted by atomic mass is 31.2. The van der Waals surface area contributed by atoms with Gasteiger partial charge in [-0.15, -0.1) is 0 Å². The molecule has 0 radical (unpaired) electrons. The number of nitrogens with zero attached hydrogens (tertiary/aromatic N) is 2. The molecule has 0 atom stereocenters. The molecule has 252 valence electrons. The van der Waals surface area contributed by atoms with Crippen LogP contribution in [-0.4, -0.2) is 0 Å². The molecule has 0 N–H and O–H groups in total. The highest BCUT2D eigenvalue weighted by Gasteiger charge is 2.43. The van der Waals surface area contributed by atoms with Crippen molar-refractivity contribution in [1.29, 1.82) is 0 Å². The van der Waals surface area contributed by atoms with Gasteiger partial charge in [0, 0.05) is 38.1 Å². The van der Waals surface area contributed by atoms with Gasteiger partial charge in [-0.1, -0.05) is 131 Å². The van der Waals surface area contributed by atoms with Crippen LogP contribution in [0.25, 0.3) is 11.1 Å². The van der Waals surface area contributed by atoms with Crippen molar-refractivity contribution in [2.45, 2.75) is 38.5 Å². The summed E-state index contributed by atoms with van der Waals surface area (Å²) >= 11 is 0. The predicted molar refractivity (Wildman–Crippen MR) is 218 cm³/mol. The Bertz CT molecular complexity index is 2380. The summed E-state index contributed by atoms with van der Waals surface area (Å²) in [5, 5.41) is 2.66. The SMILES string of the molecule is CC1(C)c2ccccc2N(c2ccc3c(c2)-c2cc(N4c5ccccc5C(C)(C)c5ccccc54)ccc2P3(=O)c2ccccc2)c2ccccc21. The average molecular weight is 691 g/mol. The second-order valence-corrected chi connectivity index (χ2v) is 18.0. The third-order valence-electron chi connectivity index (χ3n) is 11.8. The van der Waals surface area contributed by atoms with Crippen molar-refractivity contribution in [3.8, 4) is 11.1 Å². The van der Waals surface area contributed by atoms with Gasteiger partial charge in [-0.3, -0.25) is 0 Å². The molecular formula is C48H39N2OP. The number of fused-ring (bicyclic) bond motifs is 7. The minimum Gasteiger partial charge on any atom is -0.310 e. The first kappa shape index (κ1) is 31.1. The van der Waals surface area contributed by atoms with Gasteiger partial charge >= 0.3 is 0 Å². The number of para-hydroxylation sites is 4. The van der Waals surface area contributed by atoms with E-state index in [9.17, 15) is 0 Å². The van der Waals surface area contributed by atoms with Crippen LogP contribution in [0, 0.1) is 0 Å². The number of hydrogen-bond acceptors (Lipinski definition) is 3. The highest BCUT2D eigenvalue weighted by Crippen LogP contribution is 2.57. The first-order valence-corrected chi connectivity index (χ1v) is 19.8. The Morgan fingerprint density at radius 1 is 0.404 bits per heavy atom. The number of benzene rings is 7. The summed E-state index contributed by atoms with van der Waals surface area (Å²) < 4.78 is 15.8. The Balaban J connectivity index is 1.22. The fourth-order valence-corrected chi connectivity index (χ4v) is 12.3. The van der Waals surface area contributed by atoms with Crippen LogP contribution in [0.4, 0.5) is 34.1 Å². The van der Waals surface area contributed by atoms with Gasteiger partial charge in [-0.2, -0.15) is 0 Å². The van der Waals surface area contributed by atoms with E-state index in [1.165, 1.54) is 45.0 Å². The normalized spacial score (nSPS) is 16.5. The van der Waals surface area contributed by atoms with Gasteiger partial charge in [0.15, 0.2) is 7.14 Å². The summed E-state index contributed by atoms with van der Waals surface area (Å²) in [6, 6.07) is 58.3. The van der Waals surface area contributed by atoms with Crippen LogP contribution in [0.5, 0.6) is 0 Å². The van der Waals surface area contributed by atoms with E-state index in [-0.39, 0.29) is 10.8 Å². The molecule has 3 aliphatic heterocycles. The predicted octanol–water partition coefficient (Wildman–Crippen LogP) is 11.5. The maximum Gasteiger partial charge on any atom is 0.172 e. The van der Waals surface area contributed by atoms with Gasteiger partial charge in [0.2, 0.25) is 0 Å². The minimum atomic E-state index is -3.17. The molecular weight excluding hydrogens is 652 g/mol. The van der Waals surface area contributed by atoms with Gasteiger partial charge in [0.05, 0.1) is 22.7 Å². The van der Waals surface area contributed by atoms with E-state index < -0.39 is 7.14 Å². The number of hydrogen-bond donors (Lipinski definition) is 0. The largest absolute Gasteiger partial charge is 0.310 e. The molecule has 0 bridgehead atoms. The quantitative estimate of drug-likeness (QED) is 0.172. The van der Waals surface area contributed by atoms with Crippen LogP contribution in [0.15, 0.2) is 164 Å². The Hall–Kier alpha value is -5.63. The lowest BCUT2D eigenvalue weighted by Gasteiger charge is -2.42. The summed E-state index contributed by atoms with van der Waals surface area (Å²) in [4.78, 5) is 4.79. The number of anilines is 6. The minimum absolute atomic E-state index is 0.152.